The molecule has 1 aliphatic rings. The number of carbonyl (C=O) groups excluding carboxylic acids is 4. The van der Waals surface area contributed by atoms with Gasteiger partial charge in [-0.3, -0.25) is 19.3 Å². The number of hydrogen-bond donors (Lipinski definition) is 0. The lowest BCUT2D eigenvalue weighted by atomic mass is 10.0. The zero-order valence-corrected chi connectivity index (χ0v) is 17.6. The smallest absolute Gasteiger partial charge is 0.329 e. The number of amides is 2. The molecular weight excluding hydrogens is 438 g/mol. The van der Waals surface area contributed by atoms with Crippen LogP contribution in [-0.4, -0.2) is 41.1 Å². The molecule has 0 radical (unpaired) electrons. The minimum atomic E-state index is -1.08. The highest BCUT2D eigenvalue weighted by atomic mass is 79.9. The summed E-state index contributed by atoms with van der Waals surface area (Å²) >= 11 is 3.29. The molecule has 2 aromatic rings. The monoisotopic (exact) mass is 457 g/mol. The quantitative estimate of drug-likeness (QED) is 0.357. The minimum Gasteiger partial charge on any atom is -0.456 e. The molecule has 2 aromatic carbocycles. The molecule has 0 fully saturated rings. The third kappa shape index (κ3) is 4.45. The molecule has 0 aliphatic carbocycles. The van der Waals surface area contributed by atoms with Gasteiger partial charge in [0.1, 0.15) is 6.04 Å². The fourth-order valence-electron chi connectivity index (χ4n) is 3.20. The van der Waals surface area contributed by atoms with Crippen LogP contribution >= 0.6 is 15.9 Å². The number of nitrogens with zero attached hydrogens (tertiary/aromatic N) is 1. The summed E-state index contributed by atoms with van der Waals surface area (Å²) in [6, 6.07) is 12.0. The molecule has 1 heterocycles. The van der Waals surface area contributed by atoms with E-state index >= 15 is 0 Å². The van der Waals surface area contributed by atoms with Crippen LogP contribution in [0.5, 0.6) is 0 Å². The number of ether oxygens (including phenoxy) is 1. The molecular formula is C22H20BrNO5. The summed E-state index contributed by atoms with van der Waals surface area (Å²) in [4.78, 5) is 51.5. The fourth-order valence-corrected chi connectivity index (χ4v) is 3.46. The van der Waals surface area contributed by atoms with Crippen molar-refractivity contribution in [3.8, 4) is 0 Å². The van der Waals surface area contributed by atoms with Gasteiger partial charge in [0.25, 0.3) is 11.8 Å². The highest BCUT2D eigenvalue weighted by Gasteiger charge is 2.43. The van der Waals surface area contributed by atoms with Gasteiger partial charge in [0.15, 0.2) is 12.4 Å². The Morgan fingerprint density at radius 2 is 1.52 bits per heavy atom. The number of esters is 1. The predicted molar refractivity (Wildman–Crippen MR) is 110 cm³/mol. The Bertz CT molecular complexity index is 932. The van der Waals surface area contributed by atoms with E-state index < -0.39 is 30.4 Å². The van der Waals surface area contributed by atoms with Crippen molar-refractivity contribution in [1.29, 1.82) is 0 Å². The molecule has 0 N–H and O–H groups in total. The van der Waals surface area contributed by atoms with Crippen LogP contribution in [0, 0.1) is 5.92 Å². The van der Waals surface area contributed by atoms with E-state index in [2.05, 4.69) is 15.9 Å². The first-order valence-corrected chi connectivity index (χ1v) is 10.0. The summed E-state index contributed by atoms with van der Waals surface area (Å²) in [7, 11) is 0. The maximum absolute atomic E-state index is 12.8. The number of benzene rings is 2. The molecule has 0 spiro atoms. The number of carbonyl (C=O) groups is 4. The van der Waals surface area contributed by atoms with Gasteiger partial charge in [-0.2, -0.15) is 0 Å². The Hall–Kier alpha value is -2.80. The third-order valence-electron chi connectivity index (χ3n) is 4.62. The SMILES string of the molecule is CC(C)CC(C(=O)OCC(=O)c1ccc(Br)cc1)N1C(=O)c2ccccc2C1=O. The second-order valence-electron chi connectivity index (χ2n) is 7.21. The van der Waals surface area contributed by atoms with E-state index in [1.54, 1.807) is 48.5 Å². The zero-order chi connectivity index (χ0) is 21.1. The Kier molecular flexibility index (Phi) is 6.27. The average Bonchev–Trinajstić information content (AvgIpc) is 2.95. The molecule has 3 rings (SSSR count). The highest BCUT2D eigenvalue weighted by molar-refractivity contribution is 9.10. The topological polar surface area (TPSA) is 80.8 Å². The maximum Gasteiger partial charge on any atom is 0.329 e. The second kappa shape index (κ2) is 8.69. The van der Waals surface area contributed by atoms with Crippen molar-refractivity contribution in [2.75, 3.05) is 6.61 Å². The maximum atomic E-state index is 12.8. The first-order valence-electron chi connectivity index (χ1n) is 9.22. The van der Waals surface area contributed by atoms with Crippen LogP contribution in [0.1, 0.15) is 51.3 Å². The number of imide groups is 1. The first-order chi connectivity index (χ1) is 13.8. The van der Waals surface area contributed by atoms with Gasteiger partial charge in [0.2, 0.25) is 0 Å². The summed E-state index contributed by atoms with van der Waals surface area (Å²) in [6.45, 7) is 3.30. The lowest BCUT2D eigenvalue weighted by Gasteiger charge is -2.25. The van der Waals surface area contributed by atoms with E-state index in [0.717, 1.165) is 9.37 Å². The molecule has 0 aromatic heterocycles. The lowest BCUT2D eigenvalue weighted by molar-refractivity contribution is -0.147. The van der Waals surface area contributed by atoms with Crippen molar-refractivity contribution in [1.82, 2.24) is 4.90 Å². The number of ketones is 1. The van der Waals surface area contributed by atoms with Crippen LogP contribution in [0.3, 0.4) is 0 Å². The number of halogens is 1. The van der Waals surface area contributed by atoms with Gasteiger partial charge in [-0.15, -0.1) is 0 Å². The summed E-state index contributed by atoms with van der Waals surface area (Å²) in [5.74, 6) is -2.14. The molecule has 6 nitrogen and oxygen atoms in total. The van der Waals surface area contributed by atoms with Crippen molar-refractivity contribution in [3.63, 3.8) is 0 Å². The Morgan fingerprint density at radius 1 is 0.966 bits per heavy atom. The Balaban J connectivity index is 1.76. The largest absolute Gasteiger partial charge is 0.456 e. The fraction of sp³-hybridized carbons (Fsp3) is 0.273. The van der Waals surface area contributed by atoms with Gasteiger partial charge in [0.05, 0.1) is 11.1 Å². The van der Waals surface area contributed by atoms with Gasteiger partial charge in [0, 0.05) is 10.0 Å². The standard InChI is InChI=1S/C22H20BrNO5/c1-13(2)11-18(24-20(26)16-5-3-4-6-17(16)21(24)27)22(28)29-12-19(25)14-7-9-15(23)10-8-14/h3-10,13,18H,11-12H2,1-2H3. The molecule has 1 unspecified atom stereocenters. The number of rotatable bonds is 7. The van der Waals surface area contributed by atoms with Crippen LogP contribution in [0.4, 0.5) is 0 Å². The van der Waals surface area contributed by atoms with Crippen molar-refractivity contribution in [2.24, 2.45) is 5.92 Å². The zero-order valence-electron chi connectivity index (χ0n) is 16.1. The van der Waals surface area contributed by atoms with Gasteiger partial charge < -0.3 is 4.74 Å². The van der Waals surface area contributed by atoms with E-state index in [4.69, 9.17) is 4.74 Å². The lowest BCUT2D eigenvalue weighted by Crippen LogP contribution is -2.46. The van der Waals surface area contributed by atoms with Crippen molar-refractivity contribution in [3.05, 3.63) is 69.7 Å². The van der Waals surface area contributed by atoms with Crippen LogP contribution in [-0.2, 0) is 9.53 Å². The minimum absolute atomic E-state index is 0.0269. The average molecular weight is 458 g/mol. The number of fused-ring (bicyclic) bond motifs is 1. The highest BCUT2D eigenvalue weighted by Crippen LogP contribution is 2.27. The molecule has 7 heteroatoms. The number of Topliss-reactive ketones (excluding diaryl/α,β-unsaturated/α-hetero) is 1. The van der Waals surface area contributed by atoms with Crippen molar-refractivity contribution >= 4 is 39.5 Å². The molecule has 1 aliphatic heterocycles. The van der Waals surface area contributed by atoms with Crippen LogP contribution in [0.2, 0.25) is 0 Å². The van der Waals surface area contributed by atoms with Gasteiger partial charge in [-0.25, -0.2) is 4.79 Å². The normalized spacial score (nSPS) is 14.1. The van der Waals surface area contributed by atoms with E-state index in [1.807, 2.05) is 13.8 Å². The Morgan fingerprint density at radius 3 is 2.03 bits per heavy atom. The van der Waals surface area contributed by atoms with Gasteiger partial charge in [-0.1, -0.05) is 54.0 Å². The molecule has 0 saturated carbocycles. The summed E-state index contributed by atoms with van der Waals surface area (Å²) in [5.41, 5.74) is 0.942. The number of hydrogen-bond acceptors (Lipinski definition) is 5. The second-order valence-corrected chi connectivity index (χ2v) is 8.12. The summed E-state index contributed by atoms with van der Waals surface area (Å²) < 4.78 is 6.04. The summed E-state index contributed by atoms with van der Waals surface area (Å²) in [5, 5.41) is 0. The van der Waals surface area contributed by atoms with Gasteiger partial charge in [-0.05, 0) is 36.6 Å². The van der Waals surface area contributed by atoms with Crippen LogP contribution in [0.15, 0.2) is 53.0 Å². The van der Waals surface area contributed by atoms with Crippen molar-refractivity contribution < 1.29 is 23.9 Å². The van der Waals surface area contributed by atoms with E-state index in [0.29, 0.717) is 5.56 Å². The third-order valence-corrected chi connectivity index (χ3v) is 5.14. The van der Waals surface area contributed by atoms with Crippen LogP contribution < -0.4 is 0 Å². The molecule has 0 saturated heterocycles. The predicted octanol–water partition coefficient (Wildman–Crippen LogP) is 3.89. The van der Waals surface area contributed by atoms with E-state index in [-0.39, 0.29) is 29.2 Å². The molecule has 0 bridgehead atoms. The van der Waals surface area contributed by atoms with Gasteiger partial charge >= 0.3 is 5.97 Å². The molecule has 2 amide bonds. The molecule has 150 valence electrons. The van der Waals surface area contributed by atoms with E-state index in [1.165, 1.54) is 0 Å². The van der Waals surface area contributed by atoms with E-state index in [9.17, 15) is 19.2 Å². The summed E-state index contributed by atoms with van der Waals surface area (Å²) in [6.07, 6.45) is 0.247. The molecule has 1 atom stereocenters. The first kappa shape index (κ1) is 20.9. The van der Waals surface area contributed by atoms with Crippen molar-refractivity contribution in [2.45, 2.75) is 26.3 Å². The van der Waals surface area contributed by atoms with Crippen LogP contribution in [0.25, 0.3) is 0 Å². The Labute approximate surface area is 177 Å². The molecule has 29 heavy (non-hydrogen) atoms.